The Labute approximate surface area is 168 Å². The summed E-state index contributed by atoms with van der Waals surface area (Å²) in [5, 5.41) is 5.91. The van der Waals surface area contributed by atoms with E-state index < -0.39 is 0 Å². The molecule has 0 saturated carbocycles. The third kappa shape index (κ3) is 6.82. The maximum atomic E-state index is 12.3. The third-order valence-corrected chi connectivity index (χ3v) is 4.83. The van der Waals surface area contributed by atoms with Gasteiger partial charge in [-0.3, -0.25) is 14.5 Å². The molecule has 0 bridgehead atoms. The normalized spacial score (nSPS) is 11.8. The largest absolute Gasteiger partial charge is 0.354 e. The Morgan fingerprint density at radius 3 is 2.11 bits per heavy atom. The zero-order valence-corrected chi connectivity index (χ0v) is 16.9. The lowest BCUT2D eigenvalue weighted by Gasteiger charge is -2.30. The van der Waals surface area contributed by atoms with E-state index in [0.29, 0.717) is 31.5 Å². The fourth-order valence-electron chi connectivity index (χ4n) is 3.24. The highest BCUT2D eigenvalue weighted by Gasteiger charge is 2.18. The summed E-state index contributed by atoms with van der Waals surface area (Å²) in [4.78, 5) is 26.6. The van der Waals surface area contributed by atoms with Crippen molar-refractivity contribution in [3.05, 3.63) is 71.8 Å². The molecule has 5 nitrogen and oxygen atoms in total. The SMILES string of the molecule is CCN(CC)C(CNC(=O)CCCNC(=O)c1ccccc1)c1ccccc1. The summed E-state index contributed by atoms with van der Waals surface area (Å²) in [7, 11) is 0. The van der Waals surface area contributed by atoms with Crippen LogP contribution in [0.5, 0.6) is 0 Å². The standard InChI is InChI=1S/C23H31N3O2/c1-3-26(4-2)21(19-12-7-5-8-13-19)18-25-22(27)16-11-17-24-23(28)20-14-9-6-10-15-20/h5-10,12-15,21H,3-4,11,16-18H2,1-2H3,(H,24,28)(H,25,27). The fraction of sp³-hybridized carbons (Fsp3) is 0.391. The molecule has 0 aliphatic carbocycles. The van der Waals surface area contributed by atoms with Gasteiger partial charge >= 0.3 is 0 Å². The summed E-state index contributed by atoms with van der Waals surface area (Å²) in [6.07, 6.45) is 1.01. The second-order valence-electron chi connectivity index (χ2n) is 6.68. The summed E-state index contributed by atoms with van der Waals surface area (Å²) in [5.74, 6) is -0.0891. The van der Waals surface area contributed by atoms with Crippen molar-refractivity contribution in [1.82, 2.24) is 15.5 Å². The van der Waals surface area contributed by atoms with Gasteiger partial charge in [0.05, 0.1) is 6.04 Å². The number of likely N-dealkylation sites (N-methyl/N-ethyl adjacent to an activating group) is 1. The number of nitrogens with zero attached hydrogens (tertiary/aromatic N) is 1. The molecule has 2 amide bonds. The number of hydrogen-bond donors (Lipinski definition) is 2. The van der Waals surface area contributed by atoms with Gasteiger partial charge in [-0.1, -0.05) is 62.4 Å². The smallest absolute Gasteiger partial charge is 0.251 e. The average Bonchev–Trinajstić information content (AvgIpc) is 2.75. The topological polar surface area (TPSA) is 61.4 Å². The van der Waals surface area contributed by atoms with Crippen LogP contribution in [-0.4, -0.2) is 42.9 Å². The minimum absolute atomic E-state index is 0.0158. The molecule has 2 aromatic carbocycles. The second-order valence-corrected chi connectivity index (χ2v) is 6.68. The van der Waals surface area contributed by atoms with Gasteiger partial charge in [0.2, 0.25) is 5.91 Å². The highest BCUT2D eigenvalue weighted by atomic mass is 16.2. The van der Waals surface area contributed by atoms with Crippen LogP contribution in [0.1, 0.15) is 48.7 Å². The predicted molar refractivity (Wildman–Crippen MR) is 113 cm³/mol. The van der Waals surface area contributed by atoms with Crippen LogP contribution in [0.3, 0.4) is 0 Å². The highest BCUT2D eigenvalue weighted by Crippen LogP contribution is 2.19. The Kier molecular flexibility index (Phi) is 9.22. The van der Waals surface area contributed by atoms with E-state index in [1.54, 1.807) is 12.1 Å². The molecule has 2 aromatic rings. The quantitative estimate of drug-likeness (QED) is 0.587. The number of hydrogen-bond acceptors (Lipinski definition) is 3. The Morgan fingerprint density at radius 1 is 0.893 bits per heavy atom. The second kappa shape index (κ2) is 11.9. The first-order valence-electron chi connectivity index (χ1n) is 10.0. The molecule has 2 N–H and O–H groups in total. The Morgan fingerprint density at radius 2 is 1.50 bits per heavy atom. The fourth-order valence-corrected chi connectivity index (χ4v) is 3.24. The van der Waals surface area contributed by atoms with Crippen molar-refractivity contribution in [2.75, 3.05) is 26.2 Å². The van der Waals surface area contributed by atoms with Gasteiger partial charge in [-0.25, -0.2) is 0 Å². The summed E-state index contributed by atoms with van der Waals surface area (Å²) in [5.41, 5.74) is 1.85. The van der Waals surface area contributed by atoms with Crippen molar-refractivity contribution in [3.8, 4) is 0 Å². The van der Waals surface area contributed by atoms with E-state index in [4.69, 9.17) is 0 Å². The third-order valence-electron chi connectivity index (χ3n) is 4.83. The molecule has 0 spiro atoms. The van der Waals surface area contributed by atoms with E-state index in [1.165, 1.54) is 5.56 Å². The number of nitrogens with one attached hydrogen (secondary N) is 2. The van der Waals surface area contributed by atoms with Crippen molar-refractivity contribution < 1.29 is 9.59 Å². The molecule has 1 atom stereocenters. The molecule has 0 aliphatic heterocycles. The molecule has 0 aromatic heterocycles. The molecule has 150 valence electrons. The lowest BCUT2D eigenvalue weighted by Crippen LogP contribution is -2.38. The van der Waals surface area contributed by atoms with Gasteiger partial charge in [-0.05, 0) is 37.2 Å². The van der Waals surface area contributed by atoms with Crippen LogP contribution in [0.2, 0.25) is 0 Å². The first kappa shape index (κ1) is 21.6. The maximum Gasteiger partial charge on any atom is 0.251 e. The van der Waals surface area contributed by atoms with Gasteiger partial charge in [0.25, 0.3) is 5.91 Å². The molecule has 2 rings (SSSR count). The molecule has 5 heteroatoms. The molecule has 0 saturated heterocycles. The molecule has 0 fully saturated rings. The van der Waals surface area contributed by atoms with Gasteiger partial charge < -0.3 is 10.6 Å². The Bertz CT molecular complexity index is 715. The molecular formula is C23H31N3O2. The van der Waals surface area contributed by atoms with Crippen molar-refractivity contribution in [2.24, 2.45) is 0 Å². The lowest BCUT2D eigenvalue weighted by atomic mass is 10.0. The zero-order valence-electron chi connectivity index (χ0n) is 16.9. The molecule has 1 unspecified atom stereocenters. The van der Waals surface area contributed by atoms with Gasteiger partial charge in [0, 0.05) is 25.1 Å². The van der Waals surface area contributed by atoms with Crippen LogP contribution in [0.25, 0.3) is 0 Å². The van der Waals surface area contributed by atoms with Gasteiger partial charge in [0.1, 0.15) is 0 Å². The Hall–Kier alpha value is -2.66. The number of carbonyl (C=O) groups is 2. The monoisotopic (exact) mass is 381 g/mol. The van der Waals surface area contributed by atoms with Crippen LogP contribution in [0.4, 0.5) is 0 Å². The van der Waals surface area contributed by atoms with E-state index in [0.717, 1.165) is 13.1 Å². The van der Waals surface area contributed by atoms with Crippen LogP contribution in [0, 0.1) is 0 Å². The first-order valence-corrected chi connectivity index (χ1v) is 10.0. The van der Waals surface area contributed by atoms with Crippen LogP contribution in [-0.2, 0) is 4.79 Å². The van der Waals surface area contributed by atoms with Gasteiger partial charge in [-0.2, -0.15) is 0 Å². The maximum absolute atomic E-state index is 12.3. The molecule has 0 radical (unpaired) electrons. The predicted octanol–water partition coefficient (Wildman–Crippen LogP) is 3.40. The van der Waals surface area contributed by atoms with E-state index in [1.807, 2.05) is 36.4 Å². The lowest BCUT2D eigenvalue weighted by molar-refractivity contribution is -0.121. The molecule has 0 aliphatic rings. The minimum Gasteiger partial charge on any atom is -0.354 e. The van der Waals surface area contributed by atoms with Gasteiger partial charge in [0.15, 0.2) is 0 Å². The van der Waals surface area contributed by atoms with Crippen molar-refractivity contribution in [2.45, 2.75) is 32.7 Å². The van der Waals surface area contributed by atoms with Crippen molar-refractivity contribution >= 4 is 11.8 Å². The van der Waals surface area contributed by atoms with Crippen molar-refractivity contribution in [3.63, 3.8) is 0 Å². The number of amides is 2. The van der Waals surface area contributed by atoms with Crippen LogP contribution in [0.15, 0.2) is 60.7 Å². The average molecular weight is 382 g/mol. The van der Waals surface area contributed by atoms with E-state index >= 15 is 0 Å². The first-order chi connectivity index (χ1) is 13.7. The summed E-state index contributed by atoms with van der Waals surface area (Å²) in [6, 6.07) is 19.5. The summed E-state index contributed by atoms with van der Waals surface area (Å²) in [6.45, 7) is 7.20. The molecule has 0 heterocycles. The number of rotatable bonds is 11. The van der Waals surface area contributed by atoms with Crippen LogP contribution >= 0.6 is 0 Å². The number of benzene rings is 2. The van der Waals surface area contributed by atoms with E-state index in [2.05, 4.69) is 41.5 Å². The van der Waals surface area contributed by atoms with Crippen molar-refractivity contribution in [1.29, 1.82) is 0 Å². The molecular weight excluding hydrogens is 350 g/mol. The van der Waals surface area contributed by atoms with E-state index in [9.17, 15) is 9.59 Å². The molecule has 28 heavy (non-hydrogen) atoms. The number of carbonyl (C=O) groups excluding carboxylic acids is 2. The Balaban J connectivity index is 1.76. The van der Waals surface area contributed by atoms with E-state index in [-0.39, 0.29) is 17.9 Å². The zero-order chi connectivity index (χ0) is 20.2. The summed E-state index contributed by atoms with van der Waals surface area (Å²) < 4.78 is 0. The van der Waals surface area contributed by atoms with Crippen LogP contribution < -0.4 is 10.6 Å². The highest BCUT2D eigenvalue weighted by molar-refractivity contribution is 5.94. The van der Waals surface area contributed by atoms with Gasteiger partial charge in [-0.15, -0.1) is 0 Å². The minimum atomic E-state index is -0.105. The summed E-state index contributed by atoms with van der Waals surface area (Å²) >= 11 is 0.